The van der Waals surface area contributed by atoms with Crippen molar-refractivity contribution in [3.8, 4) is 0 Å². The molecule has 0 aliphatic carbocycles. The van der Waals surface area contributed by atoms with Gasteiger partial charge in [0.05, 0.1) is 0 Å². The minimum Gasteiger partial charge on any atom is -0.378 e. The summed E-state index contributed by atoms with van der Waals surface area (Å²) in [5.74, 6) is -1.62. The molecule has 0 spiro atoms. The summed E-state index contributed by atoms with van der Waals surface area (Å²) in [6.45, 7) is 1.75. The number of rotatable bonds is 3. The van der Waals surface area contributed by atoms with Crippen molar-refractivity contribution in [1.29, 1.82) is 0 Å². The summed E-state index contributed by atoms with van der Waals surface area (Å²) >= 11 is 0. The first kappa shape index (κ1) is 12.5. The van der Waals surface area contributed by atoms with E-state index in [1.807, 2.05) is 0 Å². The molecule has 0 fully saturated rings. The summed E-state index contributed by atoms with van der Waals surface area (Å²) < 4.78 is 39.1. The van der Waals surface area contributed by atoms with Crippen LogP contribution in [0.3, 0.4) is 0 Å². The van der Waals surface area contributed by atoms with E-state index in [1.165, 1.54) is 24.3 Å². The molecule has 4 heteroatoms. The Morgan fingerprint density at radius 2 is 1.56 bits per heavy atom. The Morgan fingerprint density at radius 1 is 0.889 bits per heavy atom. The van der Waals surface area contributed by atoms with Gasteiger partial charge < -0.3 is 5.32 Å². The van der Waals surface area contributed by atoms with Crippen LogP contribution in [0.15, 0.2) is 42.5 Å². The van der Waals surface area contributed by atoms with Crippen molar-refractivity contribution >= 4 is 5.69 Å². The lowest BCUT2D eigenvalue weighted by Crippen LogP contribution is -2.07. The van der Waals surface area contributed by atoms with Crippen molar-refractivity contribution in [3.05, 3.63) is 65.5 Å². The first-order valence-corrected chi connectivity index (χ1v) is 5.53. The number of benzene rings is 2. The minimum atomic E-state index is -0.627. The average molecular weight is 251 g/mol. The normalized spacial score (nSPS) is 12.2. The third-order valence-electron chi connectivity index (χ3n) is 2.59. The second-order valence-corrected chi connectivity index (χ2v) is 4.08. The predicted octanol–water partition coefficient (Wildman–Crippen LogP) is 4.28. The molecule has 2 rings (SSSR count). The van der Waals surface area contributed by atoms with Crippen molar-refractivity contribution in [1.82, 2.24) is 0 Å². The van der Waals surface area contributed by atoms with Crippen molar-refractivity contribution in [2.45, 2.75) is 13.0 Å². The molecule has 0 saturated carbocycles. The third-order valence-corrected chi connectivity index (χ3v) is 2.59. The Kier molecular flexibility index (Phi) is 3.55. The van der Waals surface area contributed by atoms with E-state index in [-0.39, 0.29) is 11.9 Å². The number of hydrogen-bond acceptors (Lipinski definition) is 1. The van der Waals surface area contributed by atoms with Crippen LogP contribution < -0.4 is 5.32 Å². The number of hydrogen-bond donors (Lipinski definition) is 1. The van der Waals surface area contributed by atoms with Gasteiger partial charge in [0.1, 0.15) is 17.5 Å². The van der Waals surface area contributed by atoms with Gasteiger partial charge in [-0.05, 0) is 42.8 Å². The first-order chi connectivity index (χ1) is 8.54. The highest BCUT2D eigenvalue weighted by Crippen LogP contribution is 2.21. The lowest BCUT2D eigenvalue weighted by molar-refractivity contribution is 0.577. The lowest BCUT2D eigenvalue weighted by Gasteiger charge is -2.16. The fourth-order valence-electron chi connectivity index (χ4n) is 1.74. The fourth-order valence-corrected chi connectivity index (χ4v) is 1.74. The maximum Gasteiger partial charge on any atom is 0.126 e. The summed E-state index contributed by atoms with van der Waals surface area (Å²) in [5.41, 5.74) is 1.03. The molecule has 0 heterocycles. The first-order valence-electron chi connectivity index (χ1n) is 5.53. The lowest BCUT2D eigenvalue weighted by atomic mass is 10.1. The monoisotopic (exact) mass is 251 g/mol. The maximum atomic E-state index is 13.1. The molecule has 0 amide bonds. The van der Waals surface area contributed by atoms with Crippen molar-refractivity contribution < 1.29 is 13.2 Å². The third kappa shape index (κ3) is 3.03. The number of halogens is 3. The van der Waals surface area contributed by atoms with Gasteiger partial charge in [-0.15, -0.1) is 0 Å². The summed E-state index contributed by atoms with van der Waals surface area (Å²) in [5, 5.41) is 2.98. The van der Waals surface area contributed by atoms with E-state index >= 15 is 0 Å². The van der Waals surface area contributed by atoms with Crippen LogP contribution in [0.1, 0.15) is 18.5 Å². The van der Waals surface area contributed by atoms with E-state index in [0.29, 0.717) is 11.3 Å². The molecule has 94 valence electrons. The zero-order valence-electron chi connectivity index (χ0n) is 9.75. The summed E-state index contributed by atoms with van der Waals surface area (Å²) in [4.78, 5) is 0. The van der Waals surface area contributed by atoms with E-state index in [0.717, 1.165) is 6.07 Å². The smallest absolute Gasteiger partial charge is 0.126 e. The Morgan fingerprint density at radius 3 is 2.17 bits per heavy atom. The Hall–Kier alpha value is -1.97. The SMILES string of the molecule is CC(Nc1cccc(F)c1)c1cc(F)cc(F)c1. The zero-order chi connectivity index (χ0) is 13.1. The molecule has 0 aromatic heterocycles. The predicted molar refractivity (Wildman–Crippen MR) is 64.8 cm³/mol. The molecule has 0 aliphatic rings. The number of nitrogens with one attached hydrogen (secondary N) is 1. The van der Waals surface area contributed by atoms with E-state index in [2.05, 4.69) is 5.32 Å². The summed E-state index contributed by atoms with van der Waals surface area (Å²) in [7, 11) is 0. The summed E-state index contributed by atoms with van der Waals surface area (Å²) in [6.07, 6.45) is 0. The average Bonchev–Trinajstić information content (AvgIpc) is 2.27. The van der Waals surface area contributed by atoms with Crippen LogP contribution in [0.2, 0.25) is 0 Å². The molecule has 2 aromatic rings. The fraction of sp³-hybridized carbons (Fsp3) is 0.143. The molecule has 1 nitrogen and oxygen atoms in total. The number of anilines is 1. The highest BCUT2D eigenvalue weighted by molar-refractivity contribution is 5.45. The van der Waals surface area contributed by atoms with E-state index in [9.17, 15) is 13.2 Å². The summed E-state index contributed by atoms with van der Waals surface area (Å²) in [6, 6.07) is 8.91. The molecule has 0 radical (unpaired) electrons. The topological polar surface area (TPSA) is 12.0 Å². The molecule has 2 aromatic carbocycles. The molecule has 0 bridgehead atoms. The molecule has 18 heavy (non-hydrogen) atoms. The zero-order valence-corrected chi connectivity index (χ0v) is 9.75. The van der Waals surface area contributed by atoms with Crippen LogP contribution in [-0.4, -0.2) is 0 Å². The Labute approximate surface area is 103 Å². The molecule has 1 atom stereocenters. The van der Waals surface area contributed by atoms with E-state index < -0.39 is 11.6 Å². The van der Waals surface area contributed by atoms with Gasteiger partial charge in [-0.25, -0.2) is 13.2 Å². The van der Waals surface area contributed by atoms with Gasteiger partial charge in [-0.1, -0.05) is 6.07 Å². The second-order valence-electron chi connectivity index (χ2n) is 4.08. The van der Waals surface area contributed by atoms with Crippen LogP contribution in [-0.2, 0) is 0 Å². The highest BCUT2D eigenvalue weighted by Gasteiger charge is 2.08. The van der Waals surface area contributed by atoms with Gasteiger partial charge in [0, 0.05) is 17.8 Å². The van der Waals surface area contributed by atoms with Crippen LogP contribution in [0.25, 0.3) is 0 Å². The standard InChI is InChI=1S/C14H12F3N/c1-9(10-5-12(16)7-13(17)6-10)18-14-4-2-3-11(15)8-14/h2-9,18H,1H3. The molecular weight excluding hydrogens is 239 g/mol. The molecule has 1 unspecified atom stereocenters. The van der Waals surface area contributed by atoms with Gasteiger partial charge in [0.2, 0.25) is 0 Å². The van der Waals surface area contributed by atoms with Gasteiger partial charge in [-0.2, -0.15) is 0 Å². The van der Waals surface area contributed by atoms with E-state index in [1.54, 1.807) is 19.1 Å². The van der Waals surface area contributed by atoms with Crippen LogP contribution >= 0.6 is 0 Å². The van der Waals surface area contributed by atoms with E-state index in [4.69, 9.17) is 0 Å². The van der Waals surface area contributed by atoms with Crippen molar-refractivity contribution in [2.24, 2.45) is 0 Å². The molecule has 0 aliphatic heterocycles. The second kappa shape index (κ2) is 5.12. The van der Waals surface area contributed by atoms with Crippen molar-refractivity contribution in [2.75, 3.05) is 5.32 Å². The molecule has 0 saturated heterocycles. The highest BCUT2D eigenvalue weighted by atomic mass is 19.1. The maximum absolute atomic E-state index is 13.1. The molecule has 1 N–H and O–H groups in total. The van der Waals surface area contributed by atoms with Crippen LogP contribution in [0.5, 0.6) is 0 Å². The van der Waals surface area contributed by atoms with Gasteiger partial charge in [0.15, 0.2) is 0 Å². The van der Waals surface area contributed by atoms with Gasteiger partial charge in [0.25, 0.3) is 0 Å². The van der Waals surface area contributed by atoms with Gasteiger partial charge in [-0.3, -0.25) is 0 Å². The quantitative estimate of drug-likeness (QED) is 0.858. The Balaban J connectivity index is 2.19. The van der Waals surface area contributed by atoms with Gasteiger partial charge >= 0.3 is 0 Å². The minimum absolute atomic E-state index is 0.322. The van der Waals surface area contributed by atoms with Crippen LogP contribution in [0, 0.1) is 17.5 Å². The van der Waals surface area contributed by atoms with Crippen LogP contribution in [0.4, 0.5) is 18.9 Å². The molecular formula is C14H12F3N. The largest absolute Gasteiger partial charge is 0.378 e. The van der Waals surface area contributed by atoms with Crippen molar-refractivity contribution in [3.63, 3.8) is 0 Å². The Bertz CT molecular complexity index is 534.